The van der Waals surface area contributed by atoms with Crippen molar-refractivity contribution in [3.05, 3.63) is 78.5 Å². The Morgan fingerprint density at radius 1 is 1.22 bits per heavy atom. The molecular weight excluding hydrogens is 340 g/mol. The van der Waals surface area contributed by atoms with Gasteiger partial charge in [-0.05, 0) is 18.2 Å². The van der Waals surface area contributed by atoms with Crippen molar-refractivity contribution in [2.75, 3.05) is 12.4 Å². The molecule has 4 rings (SSSR count). The molecular formula is C21H20N4O2. The molecule has 0 aliphatic rings. The Balaban J connectivity index is 1.74. The van der Waals surface area contributed by atoms with Gasteiger partial charge in [0.25, 0.3) is 0 Å². The molecule has 0 saturated heterocycles. The molecule has 2 heterocycles. The van der Waals surface area contributed by atoms with Gasteiger partial charge in [0.1, 0.15) is 11.8 Å². The van der Waals surface area contributed by atoms with E-state index in [0.29, 0.717) is 11.3 Å². The van der Waals surface area contributed by atoms with Crippen molar-refractivity contribution in [1.82, 2.24) is 14.5 Å². The molecule has 1 unspecified atom stereocenters. The fraction of sp³-hybridized carbons (Fsp3) is 0.143. The number of aromatic nitrogens is 3. The van der Waals surface area contributed by atoms with Gasteiger partial charge in [-0.2, -0.15) is 0 Å². The second-order valence-electron chi connectivity index (χ2n) is 6.39. The van der Waals surface area contributed by atoms with Crippen LogP contribution in [0, 0.1) is 0 Å². The van der Waals surface area contributed by atoms with Gasteiger partial charge in [0.05, 0.1) is 19.1 Å². The van der Waals surface area contributed by atoms with Gasteiger partial charge in [0.2, 0.25) is 0 Å². The van der Waals surface area contributed by atoms with Gasteiger partial charge >= 0.3 is 0 Å². The normalized spacial score (nSPS) is 12.1. The Morgan fingerprint density at radius 2 is 2.07 bits per heavy atom. The molecule has 27 heavy (non-hydrogen) atoms. The number of imidazole rings is 1. The first kappa shape index (κ1) is 16.9. The Kier molecular flexibility index (Phi) is 4.38. The number of hydrogen-bond donors (Lipinski definition) is 2. The summed E-state index contributed by atoms with van der Waals surface area (Å²) in [6.07, 6.45) is 5.30. The van der Waals surface area contributed by atoms with Crippen molar-refractivity contribution in [3.63, 3.8) is 0 Å². The van der Waals surface area contributed by atoms with E-state index in [1.807, 2.05) is 66.3 Å². The highest BCUT2D eigenvalue weighted by Gasteiger charge is 2.26. The highest BCUT2D eigenvalue weighted by Crippen LogP contribution is 2.28. The smallest absolute Gasteiger partial charge is 0.193 e. The maximum atomic E-state index is 13.4. The van der Waals surface area contributed by atoms with Crippen molar-refractivity contribution < 1.29 is 9.53 Å². The van der Waals surface area contributed by atoms with E-state index in [1.165, 1.54) is 0 Å². The molecule has 1 atom stereocenters. The summed E-state index contributed by atoms with van der Waals surface area (Å²) in [4.78, 5) is 21.0. The molecule has 2 aromatic carbocycles. The lowest BCUT2D eigenvalue weighted by Crippen LogP contribution is -2.21. The summed E-state index contributed by atoms with van der Waals surface area (Å²) >= 11 is 0. The van der Waals surface area contributed by atoms with E-state index in [-0.39, 0.29) is 5.78 Å². The number of H-pyrrole nitrogens is 1. The van der Waals surface area contributed by atoms with Crippen LogP contribution in [-0.4, -0.2) is 27.4 Å². The number of aryl methyl sites for hydroxylation is 1. The van der Waals surface area contributed by atoms with E-state index in [9.17, 15) is 4.79 Å². The molecule has 0 fully saturated rings. The third-order valence-electron chi connectivity index (χ3n) is 4.52. The number of Topliss-reactive ketones (excluding diaryl/α,β-unsaturated/α-hetero) is 1. The lowest BCUT2D eigenvalue weighted by molar-refractivity contribution is 0.0970. The third-order valence-corrected chi connectivity index (χ3v) is 4.52. The van der Waals surface area contributed by atoms with E-state index in [0.717, 1.165) is 22.3 Å². The summed E-state index contributed by atoms with van der Waals surface area (Å²) in [5.74, 6) is 0.674. The number of aromatic amines is 1. The van der Waals surface area contributed by atoms with Crippen LogP contribution in [0.25, 0.3) is 10.9 Å². The number of rotatable bonds is 6. The zero-order chi connectivity index (χ0) is 18.8. The van der Waals surface area contributed by atoms with Gasteiger partial charge in [-0.15, -0.1) is 0 Å². The topological polar surface area (TPSA) is 71.9 Å². The minimum atomic E-state index is -0.613. The zero-order valence-corrected chi connectivity index (χ0v) is 15.1. The lowest BCUT2D eigenvalue weighted by atomic mass is 10.0. The molecule has 2 N–H and O–H groups in total. The molecule has 0 aliphatic heterocycles. The van der Waals surface area contributed by atoms with Gasteiger partial charge in [0.15, 0.2) is 5.78 Å². The number of anilines is 1. The molecule has 2 aromatic heterocycles. The van der Waals surface area contributed by atoms with Crippen molar-refractivity contribution >= 4 is 22.4 Å². The predicted molar refractivity (Wildman–Crippen MR) is 105 cm³/mol. The summed E-state index contributed by atoms with van der Waals surface area (Å²) in [7, 11) is 3.50. The number of benzene rings is 2. The van der Waals surface area contributed by atoms with Gasteiger partial charge in [-0.1, -0.05) is 24.3 Å². The molecule has 0 bridgehead atoms. The Morgan fingerprint density at radius 3 is 2.85 bits per heavy atom. The first-order valence-corrected chi connectivity index (χ1v) is 8.64. The molecule has 0 radical (unpaired) electrons. The second-order valence-corrected chi connectivity index (χ2v) is 6.39. The number of ketones is 1. The lowest BCUT2D eigenvalue weighted by Gasteiger charge is -2.17. The van der Waals surface area contributed by atoms with E-state index >= 15 is 0 Å². The summed E-state index contributed by atoms with van der Waals surface area (Å²) in [5, 5.41) is 4.22. The number of nitrogens with one attached hydrogen (secondary N) is 2. The van der Waals surface area contributed by atoms with Crippen LogP contribution >= 0.6 is 0 Å². The van der Waals surface area contributed by atoms with Gasteiger partial charge in [0, 0.05) is 47.7 Å². The minimum Gasteiger partial charge on any atom is -0.497 e. The van der Waals surface area contributed by atoms with Crippen LogP contribution in [0.3, 0.4) is 0 Å². The molecule has 0 saturated carbocycles. The first-order chi connectivity index (χ1) is 13.2. The number of nitrogens with zero attached hydrogens (tertiary/aromatic N) is 2. The van der Waals surface area contributed by atoms with Gasteiger partial charge in [-0.3, -0.25) is 4.79 Å². The van der Waals surface area contributed by atoms with E-state index < -0.39 is 6.04 Å². The number of hydrogen-bond acceptors (Lipinski definition) is 4. The maximum absolute atomic E-state index is 13.4. The number of ether oxygens (including phenoxy) is 1. The third kappa shape index (κ3) is 3.29. The van der Waals surface area contributed by atoms with E-state index in [2.05, 4.69) is 15.3 Å². The summed E-state index contributed by atoms with van der Waals surface area (Å²) in [6.45, 7) is 0. The Labute approximate surface area is 156 Å². The molecule has 0 aliphatic carbocycles. The summed E-state index contributed by atoms with van der Waals surface area (Å²) in [5.41, 5.74) is 3.02. The SMILES string of the molecule is COc1cccc(NC(C(=O)c2c[nH]c3ccccc23)c2cn(C)cn2)c1. The largest absolute Gasteiger partial charge is 0.497 e. The van der Waals surface area contributed by atoms with Crippen LogP contribution in [0.15, 0.2) is 67.3 Å². The fourth-order valence-corrected chi connectivity index (χ4v) is 3.17. The minimum absolute atomic E-state index is 0.0473. The van der Waals surface area contributed by atoms with E-state index in [4.69, 9.17) is 4.74 Å². The average molecular weight is 360 g/mol. The fourth-order valence-electron chi connectivity index (χ4n) is 3.17. The monoisotopic (exact) mass is 360 g/mol. The van der Waals surface area contributed by atoms with Crippen molar-refractivity contribution in [1.29, 1.82) is 0 Å². The van der Waals surface area contributed by atoms with Crippen molar-refractivity contribution in [2.45, 2.75) is 6.04 Å². The number of para-hydroxylation sites is 1. The van der Waals surface area contributed by atoms with Crippen LogP contribution < -0.4 is 10.1 Å². The summed E-state index contributed by atoms with van der Waals surface area (Å²) in [6, 6.07) is 14.7. The average Bonchev–Trinajstić information content (AvgIpc) is 3.32. The molecule has 0 amide bonds. The zero-order valence-electron chi connectivity index (χ0n) is 15.1. The maximum Gasteiger partial charge on any atom is 0.193 e. The van der Waals surface area contributed by atoms with Crippen molar-refractivity contribution in [3.8, 4) is 5.75 Å². The quantitative estimate of drug-likeness (QED) is 0.511. The van der Waals surface area contributed by atoms with Gasteiger partial charge in [-0.25, -0.2) is 4.98 Å². The van der Waals surface area contributed by atoms with Crippen LogP contribution in [0.5, 0.6) is 5.75 Å². The summed E-state index contributed by atoms with van der Waals surface area (Å²) < 4.78 is 7.12. The molecule has 0 spiro atoms. The molecule has 6 nitrogen and oxygen atoms in total. The number of methoxy groups -OCH3 is 1. The number of carbonyl (C=O) groups is 1. The van der Waals surface area contributed by atoms with Crippen LogP contribution in [0.4, 0.5) is 5.69 Å². The van der Waals surface area contributed by atoms with Crippen molar-refractivity contribution in [2.24, 2.45) is 7.05 Å². The van der Waals surface area contributed by atoms with Gasteiger partial charge < -0.3 is 19.6 Å². The van der Waals surface area contributed by atoms with E-state index in [1.54, 1.807) is 19.6 Å². The predicted octanol–water partition coefficient (Wildman–Crippen LogP) is 3.95. The van der Waals surface area contributed by atoms with Crippen LogP contribution in [0.2, 0.25) is 0 Å². The second kappa shape index (κ2) is 6.99. The standard InChI is InChI=1S/C21H20N4O2/c1-25-12-19(23-13-25)20(24-14-6-5-7-15(10-14)27-2)21(26)17-11-22-18-9-4-3-8-16(17)18/h3-13,20,22,24H,1-2H3. The molecule has 4 aromatic rings. The number of carbonyl (C=O) groups excluding carboxylic acids is 1. The Bertz CT molecular complexity index is 1100. The van der Waals surface area contributed by atoms with Crippen LogP contribution in [0.1, 0.15) is 22.1 Å². The highest BCUT2D eigenvalue weighted by molar-refractivity contribution is 6.11. The Hall–Kier alpha value is -3.54. The van der Waals surface area contributed by atoms with Crippen LogP contribution in [-0.2, 0) is 7.05 Å². The molecule has 6 heteroatoms. The molecule has 136 valence electrons. The number of fused-ring (bicyclic) bond motifs is 1. The highest BCUT2D eigenvalue weighted by atomic mass is 16.5. The first-order valence-electron chi connectivity index (χ1n) is 8.64.